The lowest BCUT2D eigenvalue weighted by molar-refractivity contribution is 0.125. The Morgan fingerprint density at radius 2 is 0.610 bits per heavy atom. The molecule has 0 saturated heterocycles. The molecule has 238 valence electrons. The Morgan fingerprint density at radius 1 is 0.415 bits per heavy atom. The van der Waals surface area contributed by atoms with Gasteiger partial charge in [0.25, 0.3) is 0 Å². The molecule has 0 fully saturated rings. The predicted molar refractivity (Wildman–Crippen MR) is 252 cm³/mol. The third kappa shape index (κ3) is 15.5. The highest BCUT2D eigenvalue weighted by Crippen LogP contribution is 2.62. The minimum atomic E-state index is 0.105. The van der Waals surface area contributed by atoms with Crippen LogP contribution < -0.4 is 11.5 Å². The molecule has 1 aliphatic rings. The fourth-order valence-electron chi connectivity index (χ4n) is 3.35. The standard InChI is InChI=1S/C15H24N2.S24/c1-13(2)9-7-11(16)12(17)8-10(9)14(3,4)15(13,5)6;1-3-5-7-9-11-13-15-17-19-21-23-24-22-20-18-16-14-12-10-8-6-4-2/h7-8H,16-17H2,1-6H3;. The summed E-state index contributed by atoms with van der Waals surface area (Å²) < 4.78 is 0. The first-order valence-corrected chi connectivity index (χ1v) is 40.7. The number of nitrogen functional groups attached to an aromatic ring is 2. The van der Waals surface area contributed by atoms with E-state index in [9.17, 15) is 0 Å². The summed E-state index contributed by atoms with van der Waals surface area (Å²) in [6.07, 6.45) is 0. The molecule has 2 rings (SSSR count). The van der Waals surface area contributed by atoms with Crippen LogP contribution in [0.25, 0.3) is 0 Å². The van der Waals surface area contributed by atoms with Gasteiger partial charge in [-0.2, -0.15) is 0 Å². The summed E-state index contributed by atoms with van der Waals surface area (Å²) in [6, 6.07) is 4.14. The normalized spacial score (nSPS) is 14.1. The molecule has 2 nitrogen and oxygen atoms in total. The molecule has 0 spiro atoms. The van der Waals surface area contributed by atoms with Gasteiger partial charge in [0.1, 0.15) is 0 Å². The maximum atomic E-state index is 5.97. The van der Waals surface area contributed by atoms with Gasteiger partial charge >= 0.3 is 0 Å². The number of hydrogen-bond acceptors (Lipinski definition) is 4. The van der Waals surface area contributed by atoms with Crippen LogP contribution in [0.3, 0.4) is 0 Å². The quantitative estimate of drug-likeness (QED) is 0.393. The smallest absolute Gasteiger partial charge is 0.0550 e. The van der Waals surface area contributed by atoms with Crippen LogP contribution in [0.5, 0.6) is 0 Å². The van der Waals surface area contributed by atoms with E-state index >= 15 is 0 Å². The number of fused-ring (bicyclic) bond motifs is 1. The first kappa shape index (κ1) is 43.1. The molecule has 1 aromatic carbocycles. The van der Waals surface area contributed by atoms with Crippen LogP contribution in [0.15, 0.2) is 12.1 Å². The minimum absolute atomic E-state index is 0.105. The zero-order valence-electron chi connectivity index (χ0n) is 21.6. The molecule has 0 saturated carbocycles. The van der Waals surface area contributed by atoms with Gasteiger partial charge in [0.05, 0.1) is 11.4 Å². The molecule has 0 atom stereocenters. The van der Waals surface area contributed by atoms with Crippen molar-refractivity contribution < 1.29 is 0 Å². The fraction of sp³-hybridized carbons (Fsp3) is 0.600. The van der Waals surface area contributed by atoms with Crippen molar-refractivity contribution in [2.45, 2.75) is 52.4 Å². The van der Waals surface area contributed by atoms with Crippen molar-refractivity contribution in [3.63, 3.8) is 0 Å². The monoisotopic (exact) mass is 1000 g/mol. The van der Waals surface area contributed by atoms with Crippen molar-refractivity contribution in [3.05, 3.63) is 23.3 Å². The highest BCUT2D eigenvalue weighted by atomic mass is 33.5. The molecule has 0 amide bonds. The van der Waals surface area contributed by atoms with Crippen molar-refractivity contribution in [2.75, 3.05) is 11.5 Å². The third-order valence-corrected chi connectivity index (χ3v) is 52.9. The van der Waals surface area contributed by atoms with Gasteiger partial charge in [-0.25, -0.2) is 0 Å². The van der Waals surface area contributed by atoms with Gasteiger partial charge in [-0.3, -0.25) is 0 Å². The Hall–Kier alpha value is 4.10. The maximum absolute atomic E-state index is 5.97. The molecule has 1 aromatic rings. The lowest BCUT2D eigenvalue weighted by Crippen LogP contribution is -2.42. The van der Waals surface area contributed by atoms with E-state index in [1.165, 1.54) is 28.9 Å². The lowest BCUT2D eigenvalue weighted by atomic mass is 9.59. The summed E-state index contributed by atoms with van der Waals surface area (Å²) in [7, 11) is 38.1. The van der Waals surface area contributed by atoms with Crippen LogP contribution in [0.4, 0.5) is 11.4 Å². The molecular weight excluding hydrogens is 978 g/mol. The summed E-state index contributed by atoms with van der Waals surface area (Å²) in [6.45, 7) is 13.9. The summed E-state index contributed by atoms with van der Waals surface area (Å²) in [4.78, 5) is 0. The van der Waals surface area contributed by atoms with Crippen LogP contribution in [-0.2, 0) is 229 Å². The highest BCUT2D eigenvalue weighted by molar-refractivity contribution is 8.79. The zero-order chi connectivity index (χ0) is 30.8. The fourth-order valence-corrected chi connectivity index (χ4v) is 58.2. The van der Waals surface area contributed by atoms with Gasteiger partial charge in [-0.1, -0.05) is 41.5 Å². The first-order chi connectivity index (χ1) is 19.4. The Labute approximate surface area is 315 Å². The largest absolute Gasteiger partial charge is 0.397 e. The van der Waals surface area contributed by atoms with Crippen molar-refractivity contribution in [3.8, 4) is 0 Å². The van der Waals surface area contributed by atoms with E-state index in [4.69, 9.17) is 33.8 Å². The molecule has 0 radical (unpaired) electrons. The summed E-state index contributed by atoms with van der Waals surface area (Å²) in [5, 5.41) is 0. The average molecular weight is 1000 g/mol. The van der Waals surface area contributed by atoms with Crippen molar-refractivity contribution in [1.29, 1.82) is 0 Å². The topological polar surface area (TPSA) is 52.0 Å². The number of nitrogens with two attached hydrogens (primary N) is 2. The second-order valence-electron chi connectivity index (χ2n) is 8.40. The van der Waals surface area contributed by atoms with Gasteiger partial charge in [-0.05, 0) is 39.5 Å². The highest BCUT2D eigenvalue weighted by Gasteiger charge is 2.56. The van der Waals surface area contributed by atoms with Gasteiger partial charge in [0.2, 0.25) is 0 Å². The number of rotatable bonds is 0. The molecule has 26 heteroatoms. The second kappa shape index (κ2) is 24.3. The van der Waals surface area contributed by atoms with E-state index in [0.717, 1.165) is 0 Å². The van der Waals surface area contributed by atoms with Crippen molar-refractivity contribution in [2.24, 2.45) is 5.41 Å². The van der Waals surface area contributed by atoms with Crippen LogP contribution >= 0.6 is 0 Å². The van der Waals surface area contributed by atoms with E-state index in [2.05, 4.69) is 53.7 Å². The molecular formula is C15H24N2S24. The van der Waals surface area contributed by atoms with Crippen LogP contribution in [0, 0.1) is 5.41 Å². The second-order valence-corrected chi connectivity index (χ2v) is 47.3. The Bertz CT molecular complexity index is 1970. The summed E-state index contributed by atoms with van der Waals surface area (Å²) in [5.41, 5.74) is 16.4. The van der Waals surface area contributed by atoms with Crippen LogP contribution in [0.1, 0.15) is 52.7 Å². The molecule has 0 bridgehead atoms. The number of anilines is 2. The third-order valence-electron chi connectivity index (χ3n) is 6.28. The lowest BCUT2D eigenvalue weighted by Gasteiger charge is -2.44. The van der Waals surface area contributed by atoms with Crippen LogP contribution in [-0.4, -0.2) is 0 Å². The SMILES string of the molecule is CC1(C)c2cc(N)c(N)cc2C(C)(C)C1(C)C.S=S=S=S=S=S=S=S=S=S=S=S=S=S=S=S=S=S=S=S=S=S=S=S. The maximum Gasteiger partial charge on any atom is 0.0550 e. The Kier molecular flexibility index (Phi) is 25.5. The number of benzene rings is 1. The van der Waals surface area contributed by atoms with Gasteiger partial charge in [-0.15, -0.1) is 0 Å². The van der Waals surface area contributed by atoms with Crippen molar-refractivity contribution in [1.82, 2.24) is 0 Å². The first-order valence-electron chi connectivity index (χ1n) is 10.1. The summed E-state index contributed by atoms with van der Waals surface area (Å²) in [5.74, 6) is 0. The van der Waals surface area contributed by atoms with E-state index in [-0.39, 0.29) is 16.2 Å². The van der Waals surface area contributed by atoms with E-state index in [0.29, 0.717) is 11.4 Å². The van der Waals surface area contributed by atoms with Gasteiger partial charge in [0.15, 0.2) is 0 Å². The molecule has 0 aromatic heterocycles. The zero-order valence-corrected chi connectivity index (χ0v) is 41.2. The van der Waals surface area contributed by atoms with Crippen molar-refractivity contribution >= 4 is 229 Å². The predicted octanol–water partition coefficient (Wildman–Crippen LogP) is 3.39. The van der Waals surface area contributed by atoms with Gasteiger partial charge < -0.3 is 11.5 Å². The molecule has 4 N–H and O–H groups in total. The molecule has 0 aliphatic heterocycles. The molecule has 0 unspecified atom stereocenters. The molecule has 1 aliphatic carbocycles. The Morgan fingerprint density at radius 3 is 0.805 bits per heavy atom. The molecule has 41 heavy (non-hydrogen) atoms. The van der Waals surface area contributed by atoms with E-state index < -0.39 is 0 Å². The van der Waals surface area contributed by atoms with Gasteiger partial charge in [0, 0.05) is 218 Å². The van der Waals surface area contributed by atoms with E-state index in [1.807, 2.05) is 35.5 Å². The number of hydrogen-bond donors (Lipinski definition) is 2. The average Bonchev–Trinajstić information content (AvgIpc) is 3.02. The summed E-state index contributed by atoms with van der Waals surface area (Å²) >= 11 is 9.54. The van der Waals surface area contributed by atoms with Crippen LogP contribution in [0.2, 0.25) is 0 Å². The minimum Gasteiger partial charge on any atom is -0.397 e. The molecule has 0 heterocycles. The Balaban J connectivity index is 0.000000431. The van der Waals surface area contributed by atoms with E-state index in [1.54, 1.807) is 142 Å².